The van der Waals surface area contributed by atoms with Gasteiger partial charge in [0.05, 0.1) is 36.5 Å². The molecule has 0 radical (unpaired) electrons. The second kappa shape index (κ2) is 17.0. The first-order valence-corrected chi connectivity index (χ1v) is 16.0. The van der Waals surface area contributed by atoms with Crippen molar-refractivity contribution in [2.45, 2.75) is 59.1 Å². The van der Waals surface area contributed by atoms with E-state index >= 15 is 0 Å². The van der Waals surface area contributed by atoms with Crippen LogP contribution >= 0.6 is 0 Å². The Morgan fingerprint density at radius 3 is 2.39 bits per heavy atom. The molecule has 49 heavy (non-hydrogen) atoms. The minimum atomic E-state index is -1.32. The lowest BCUT2D eigenvalue weighted by Crippen LogP contribution is -2.54. The van der Waals surface area contributed by atoms with Gasteiger partial charge in [-0.25, -0.2) is 4.79 Å². The van der Waals surface area contributed by atoms with Gasteiger partial charge in [0.1, 0.15) is 18.6 Å². The second-order valence-electron chi connectivity index (χ2n) is 12.7. The standard InChI is InChI=1S/C35H46N4O10/c1-8-48-34(44)31-26(37-22(4)29(33(42)43)30(31)23-12-11-13-24(16-23)39(45)46)18-38(32(41)21(2)3)20-35(5,6)36-17-25(40)19-49-28-15-10-9-14-27(28)47-7/h9-16,21,25,29-30,36,40H,8,17-20H2,1-7H3,(H,42,43). The first-order chi connectivity index (χ1) is 23.1. The van der Waals surface area contributed by atoms with E-state index in [0.29, 0.717) is 11.5 Å². The Labute approximate surface area is 285 Å². The molecule has 1 amide bonds. The van der Waals surface area contributed by atoms with Gasteiger partial charge in [-0.1, -0.05) is 38.1 Å². The zero-order chi connectivity index (χ0) is 36.5. The number of β-amino-alcohol motifs (C(OH)–C–C–N with tert-alkyl or cyclic N) is 1. The first-order valence-electron chi connectivity index (χ1n) is 16.0. The lowest BCUT2D eigenvalue weighted by Gasteiger charge is -2.37. The summed E-state index contributed by atoms with van der Waals surface area (Å²) in [6, 6.07) is 12.5. The van der Waals surface area contributed by atoms with Crippen molar-refractivity contribution in [3.05, 3.63) is 75.5 Å². The van der Waals surface area contributed by atoms with E-state index in [0.717, 1.165) is 0 Å². The van der Waals surface area contributed by atoms with Crippen LogP contribution in [0.5, 0.6) is 11.5 Å². The molecule has 3 rings (SSSR count). The zero-order valence-electron chi connectivity index (χ0n) is 29.0. The highest BCUT2D eigenvalue weighted by Crippen LogP contribution is 2.41. The van der Waals surface area contributed by atoms with Crippen molar-refractivity contribution in [2.75, 3.05) is 40.0 Å². The van der Waals surface area contributed by atoms with Gasteiger partial charge in [-0.15, -0.1) is 0 Å². The van der Waals surface area contributed by atoms with Crippen LogP contribution in [0.15, 0.2) is 64.8 Å². The van der Waals surface area contributed by atoms with Crippen LogP contribution < -0.4 is 14.8 Å². The van der Waals surface area contributed by atoms with Gasteiger partial charge in [-0.3, -0.25) is 24.7 Å². The number of carboxylic acids is 1. The average molecular weight is 683 g/mol. The monoisotopic (exact) mass is 682 g/mol. The van der Waals surface area contributed by atoms with E-state index in [-0.39, 0.29) is 67.0 Å². The Kier molecular flexibility index (Phi) is 13.4. The summed E-state index contributed by atoms with van der Waals surface area (Å²) in [5.74, 6) is -4.29. The number of rotatable bonds is 17. The van der Waals surface area contributed by atoms with Crippen LogP contribution in [-0.4, -0.2) is 95.2 Å². The van der Waals surface area contributed by atoms with Crippen LogP contribution in [0.25, 0.3) is 0 Å². The van der Waals surface area contributed by atoms with Gasteiger partial charge in [0, 0.05) is 48.3 Å². The quantitative estimate of drug-likeness (QED) is 0.124. The number of nitro benzene ring substituents is 1. The largest absolute Gasteiger partial charge is 0.493 e. The molecule has 1 heterocycles. The normalized spacial score (nSPS) is 16.9. The number of aliphatic hydroxyl groups is 1. The molecule has 14 heteroatoms. The molecule has 0 saturated heterocycles. The molecular formula is C35H46N4O10. The maximum absolute atomic E-state index is 13.6. The summed E-state index contributed by atoms with van der Waals surface area (Å²) in [5.41, 5.74) is -0.607. The number of nitro groups is 1. The Hall–Kier alpha value is -4.82. The lowest BCUT2D eigenvalue weighted by molar-refractivity contribution is -0.384. The topological polar surface area (TPSA) is 190 Å². The molecular weight excluding hydrogens is 636 g/mol. The highest BCUT2D eigenvalue weighted by molar-refractivity contribution is 6.06. The number of nitrogens with zero attached hydrogens (tertiary/aromatic N) is 3. The third kappa shape index (κ3) is 10.1. The smallest absolute Gasteiger partial charge is 0.336 e. The maximum Gasteiger partial charge on any atom is 0.336 e. The Morgan fingerprint density at radius 1 is 1.12 bits per heavy atom. The Balaban J connectivity index is 1.96. The molecule has 0 spiro atoms. The third-order valence-electron chi connectivity index (χ3n) is 7.97. The molecule has 2 aromatic carbocycles. The van der Waals surface area contributed by atoms with E-state index in [9.17, 15) is 34.7 Å². The summed E-state index contributed by atoms with van der Waals surface area (Å²) in [4.78, 5) is 56.9. The molecule has 1 aliphatic rings. The number of hydrogen-bond donors (Lipinski definition) is 3. The van der Waals surface area contributed by atoms with Crippen molar-refractivity contribution in [1.82, 2.24) is 10.2 Å². The van der Waals surface area contributed by atoms with Crippen LogP contribution in [0.4, 0.5) is 5.69 Å². The number of esters is 1. The van der Waals surface area contributed by atoms with E-state index < -0.39 is 46.3 Å². The Morgan fingerprint density at radius 2 is 1.80 bits per heavy atom. The van der Waals surface area contributed by atoms with Crippen molar-refractivity contribution < 1.29 is 43.7 Å². The molecule has 0 saturated carbocycles. The van der Waals surface area contributed by atoms with E-state index in [1.165, 1.54) is 43.2 Å². The molecule has 14 nitrogen and oxygen atoms in total. The number of benzene rings is 2. The van der Waals surface area contributed by atoms with Crippen molar-refractivity contribution in [3.8, 4) is 11.5 Å². The predicted octanol–water partition coefficient (Wildman–Crippen LogP) is 3.97. The van der Waals surface area contributed by atoms with Crippen molar-refractivity contribution in [1.29, 1.82) is 0 Å². The van der Waals surface area contributed by atoms with E-state index in [2.05, 4.69) is 10.3 Å². The number of nitrogens with one attached hydrogen (secondary N) is 1. The number of methoxy groups -OCH3 is 1. The van der Waals surface area contributed by atoms with Gasteiger partial charge < -0.3 is 34.6 Å². The number of non-ortho nitro benzene ring substituents is 1. The third-order valence-corrected chi connectivity index (χ3v) is 7.97. The number of carbonyl (C=O) groups is 3. The van der Waals surface area contributed by atoms with Gasteiger partial charge in [-0.05, 0) is 45.4 Å². The number of ether oxygens (including phenoxy) is 3. The SMILES string of the molecule is CCOC(=O)C1=C(CN(CC(C)(C)NCC(O)COc2ccccc2OC)C(=O)C(C)C)N=C(C)C(C(=O)O)C1c1cccc([N+](=O)[O-])c1. The number of aliphatic hydroxyl groups excluding tert-OH is 1. The summed E-state index contributed by atoms with van der Waals surface area (Å²) >= 11 is 0. The van der Waals surface area contributed by atoms with E-state index in [1.807, 2.05) is 13.8 Å². The number of para-hydroxylation sites is 2. The highest BCUT2D eigenvalue weighted by Gasteiger charge is 2.43. The number of amides is 1. The summed E-state index contributed by atoms with van der Waals surface area (Å²) in [6.45, 7) is 10.3. The molecule has 3 atom stereocenters. The summed E-state index contributed by atoms with van der Waals surface area (Å²) in [6.07, 6.45) is -0.911. The van der Waals surface area contributed by atoms with Crippen LogP contribution in [0.3, 0.4) is 0 Å². The first kappa shape index (κ1) is 38.6. The molecule has 0 bridgehead atoms. The second-order valence-corrected chi connectivity index (χ2v) is 12.7. The van der Waals surface area contributed by atoms with Crippen LogP contribution in [0.2, 0.25) is 0 Å². The van der Waals surface area contributed by atoms with Gasteiger partial charge in [0.2, 0.25) is 5.91 Å². The van der Waals surface area contributed by atoms with Crippen LogP contribution in [-0.2, 0) is 19.1 Å². The number of hydrogen-bond acceptors (Lipinski definition) is 11. The number of aliphatic carboxylic acids is 1. The molecule has 3 N–H and O–H groups in total. The fourth-order valence-corrected chi connectivity index (χ4v) is 5.68. The van der Waals surface area contributed by atoms with Gasteiger partial charge in [-0.2, -0.15) is 0 Å². The van der Waals surface area contributed by atoms with Gasteiger partial charge in [0.25, 0.3) is 5.69 Å². The predicted molar refractivity (Wildman–Crippen MR) is 182 cm³/mol. The lowest BCUT2D eigenvalue weighted by atomic mass is 9.75. The number of carbonyl (C=O) groups excluding carboxylic acids is 2. The summed E-state index contributed by atoms with van der Waals surface area (Å²) < 4.78 is 16.4. The summed E-state index contributed by atoms with van der Waals surface area (Å²) in [5, 5.41) is 35.9. The molecule has 1 aliphatic heterocycles. The molecule has 0 aromatic heterocycles. The fourth-order valence-electron chi connectivity index (χ4n) is 5.68. The molecule has 2 aromatic rings. The van der Waals surface area contributed by atoms with Gasteiger partial charge in [0.15, 0.2) is 11.5 Å². The van der Waals surface area contributed by atoms with Crippen LogP contribution in [0, 0.1) is 22.0 Å². The van der Waals surface area contributed by atoms with Gasteiger partial charge >= 0.3 is 11.9 Å². The Bertz CT molecular complexity index is 1590. The molecule has 266 valence electrons. The van der Waals surface area contributed by atoms with E-state index in [1.54, 1.807) is 45.0 Å². The number of carboxylic acid groups (broad SMARTS) is 1. The van der Waals surface area contributed by atoms with Crippen molar-refractivity contribution in [3.63, 3.8) is 0 Å². The average Bonchev–Trinajstić information content (AvgIpc) is 3.05. The highest BCUT2D eigenvalue weighted by atomic mass is 16.6. The number of aliphatic imine (C=N–C) groups is 1. The zero-order valence-corrected chi connectivity index (χ0v) is 29.0. The molecule has 0 fully saturated rings. The maximum atomic E-state index is 13.6. The van der Waals surface area contributed by atoms with Crippen LogP contribution in [0.1, 0.15) is 53.0 Å². The minimum Gasteiger partial charge on any atom is -0.493 e. The molecule has 3 unspecified atom stereocenters. The molecule has 0 aliphatic carbocycles. The van der Waals surface area contributed by atoms with Crippen molar-refractivity contribution in [2.24, 2.45) is 16.8 Å². The fraction of sp³-hybridized carbons (Fsp3) is 0.486. The summed E-state index contributed by atoms with van der Waals surface area (Å²) in [7, 11) is 1.52. The minimum absolute atomic E-state index is 0.0214. The van der Waals surface area contributed by atoms with Crippen molar-refractivity contribution >= 4 is 29.2 Å². The van der Waals surface area contributed by atoms with E-state index in [4.69, 9.17) is 14.2 Å².